The minimum Gasteiger partial charge on any atom is -0.356 e. The summed E-state index contributed by atoms with van der Waals surface area (Å²) >= 11 is 0. The van der Waals surface area contributed by atoms with E-state index < -0.39 is 0 Å². The van der Waals surface area contributed by atoms with E-state index in [1.807, 2.05) is 47.1 Å². The quantitative estimate of drug-likeness (QED) is 0.758. The van der Waals surface area contributed by atoms with Gasteiger partial charge >= 0.3 is 0 Å². The van der Waals surface area contributed by atoms with E-state index in [4.69, 9.17) is 0 Å². The summed E-state index contributed by atoms with van der Waals surface area (Å²) in [6, 6.07) is 13.4. The zero-order chi connectivity index (χ0) is 22.5. The lowest BCUT2D eigenvalue weighted by Crippen LogP contribution is -2.42. The van der Waals surface area contributed by atoms with Crippen LogP contribution in [0.1, 0.15) is 48.1 Å². The Bertz CT molecular complexity index is 942. The Balaban J connectivity index is 1.23. The van der Waals surface area contributed by atoms with Crippen molar-refractivity contribution in [1.82, 2.24) is 20.1 Å². The molecule has 4 rings (SSSR count). The van der Waals surface area contributed by atoms with Gasteiger partial charge in [-0.05, 0) is 43.4 Å². The summed E-state index contributed by atoms with van der Waals surface area (Å²) in [5.41, 5.74) is 1.69. The van der Waals surface area contributed by atoms with E-state index in [1.165, 1.54) is 0 Å². The number of hydrogen-bond acceptors (Lipinski definition) is 4. The second-order valence-electron chi connectivity index (χ2n) is 8.76. The van der Waals surface area contributed by atoms with Gasteiger partial charge in [0.15, 0.2) is 0 Å². The van der Waals surface area contributed by atoms with Crippen LogP contribution >= 0.6 is 0 Å². The van der Waals surface area contributed by atoms with Gasteiger partial charge in [0.25, 0.3) is 5.91 Å². The zero-order valence-corrected chi connectivity index (χ0v) is 18.4. The normalized spacial score (nSPS) is 20.3. The van der Waals surface area contributed by atoms with Gasteiger partial charge in [0, 0.05) is 45.0 Å². The van der Waals surface area contributed by atoms with Crippen LogP contribution in [-0.2, 0) is 9.59 Å². The molecule has 7 nitrogen and oxygen atoms in total. The molecular weight excluding hydrogens is 404 g/mol. The molecule has 0 spiro atoms. The Morgan fingerprint density at radius 2 is 1.88 bits per heavy atom. The van der Waals surface area contributed by atoms with Crippen LogP contribution in [0, 0.1) is 11.8 Å². The van der Waals surface area contributed by atoms with Crippen molar-refractivity contribution in [3.8, 4) is 0 Å². The number of piperidine rings is 1. The molecule has 1 N–H and O–H groups in total. The summed E-state index contributed by atoms with van der Waals surface area (Å²) in [5, 5.41) is 3.06. The third-order valence-electron chi connectivity index (χ3n) is 6.65. The molecule has 0 radical (unpaired) electrons. The number of amides is 3. The first kappa shape index (κ1) is 22.0. The molecule has 1 aromatic carbocycles. The third-order valence-corrected chi connectivity index (χ3v) is 6.65. The zero-order valence-electron chi connectivity index (χ0n) is 18.4. The number of benzene rings is 1. The number of nitrogens with one attached hydrogen (secondary N) is 1. The van der Waals surface area contributed by atoms with E-state index in [1.54, 1.807) is 24.5 Å². The molecular formula is C25H30N4O3. The van der Waals surface area contributed by atoms with E-state index in [9.17, 15) is 14.4 Å². The first-order chi connectivity index (χ1) is 15.5. The van der Waals surface area contributed by atoms with Gasteiger partial charge in [-0.25, -0.2) is 0 Å². The first-order valence-corrected chi connectivity index (χ1v) is 11.3. The summed E-state index contributed by atoms with van der Waals surface area (Å²) in [4.78, 5) is 45.5. The molecule has 1 aromatic heterocycles. The van der Waals surface area contributed by atoms with E-state index >= 15 is 0 Å². The summed E-state index contributed by atoms with van der Waals surface area (Å²) in [6.45, 7) is 4.41. The number of likely N-dealkylation sites (tertiary alicyclic amines) is 2. The van der Waals surface area contributed by atoms with Crippen LogP contribution in [0.5, 0.6) is 0 Å². The van der Waals surface area contributed by atoms with E-state index in [0.29, 0.717) is 37.7 Å². The van der Waals surface area contributed by atoms with Crippen molar-refractivity contribution in [3.63, 3.8) is 0 Å². The molecule has 2 unspecified atom stereocenters. The highest BCUT2D eigenvalue weighted by Crippen LogP contribution is 2.28. The van der Waals surface area contributed by atoms with Crippen molar-refractivity contribution in [1.29, 1.82) is 0 Å². The van der Waals surface area contributed by atoms with Crippen molar-refractivity contribution in [2.75, 3.05) is 26.2 Å². The van der Waals surface area contributed by atoms with Gasteiger partial charge in [0.1, 0.15) is 0 Å². The minimum atomic E-state index is -0.305. The fourth-order valence-electron chi connectivity index (χ4n) is 4.59. The summed E-state index contributed by atoms with van der Waals surface area (Å²) < 4.78 is 0. The maximum atomic E-state index is 12.7. The number of carbonyl (C=O) groups excluding carboxylic acids is 3. The molecule has 2 saturated heterocycles. The van der Waals surface area contributed by atoms with Crippen LogP contribution in [0.2, 0.25) is 0 Å². The molecule has 0 aliphatic carbocycles. The molecule has 2 aromatic rings. The fourth-order valence-corrected chi connectivity index (χ4v) is 4.59. The second-order valence-corrected chi connectivity index (χ2v) is 8.76. The molecule has 2 aliphatic heterocycles. The largest absolute Gasteiger partial charge is 0.356 e. The Hall–Kier alpha value is -3.22. The first-order valence-electron chi connectivity index (χ1n) is 11.3. The standard InChI is InChI=1S/C25H30N4O3/c1-18(20-6-3-2-4-7-20)29-17-22(14-23(29)30)24(31)27-15-19-9-12-28(13-10-19)25(32)21-8-5-11-26-16-21/h2-8,11,16,18-19,22H,9-10,12-15,17H2,1H3,(H,27,31). The minimum absolute atomic E-state index is 0.0117. The van der Waals surface area contributed by atoms with Gasteiger partial charge in [-0.3, -0.25) is 19.4 Å². The number of aromatic nitrogens is 1. The molecule has 2 aliphatic rings. The van der Waals surface area contributed by atoms with Crippen LogP contribution in [0.25, 0.3) is 0 Å². The SMILES string of the molecule is CC(c1ccccc1)N1CC(C(=O)NCC2CCN(C(=O)c3cccnc3)CC2)CC1=O. The van der Waals surface area contributed by atoms with Crippen molar-refractivity contribution in [2.45, 2.75) is 32.2 Å². The van der Waals surface area contributed by atoms with Gasteiger partial charge in [0.2, 0.25) is 11.8 Å². The predicted molar refractivity (Wildman–Crippen MR) is 121 cm³/mol. The van der Waals surface area contributed by atoms with Crippen LogP contribution < -0.4 is 5.32 Å². The molecule has 3 heterocycles. The Morgan fingerprint density at radius 1 is 1.12 bits per heavy atom. The second kappa shape index (κ2) is 9.94. The van der Waals surface area contributed by atoms with Gasteiger partial charge in [-0.1, -0.05) is 30.3 Å². The molecule has 3 amide bonds. The van der Waals surface area contributed by atoms with Crippen LogP contribution in [0.4, 0.5) is 0 Å². The number of pyridine rings is 1. The maximum absolute atomic E-state index is 12.7. The highest BCUT2D eigenvalue weighted by atomic mass is 16.2. The van der Waals surface area contributed by atoms with Crippen LogP contribution in [0.15, 0.2) is 54.9 Å². The van der Waals surface area contributed by atoms with Gasteiger partial charge in [0.05, 0.1) is 17.5 Å². The monoisotopic (exact) mass is 434 g/mol. The van der Waals surface area contributed by atoms with Crippen molar-refractivity contribution in [2.24, 2.45) is 11.8 Å². The summed E-state index contributed by atoms with van der Waals surface area (Å²) in [5.74, 6) is 0.0330. The highest BCUT2D eigenvalue weighted by Gasteiger charge is 2.37. The van der Waals surface area contributed by atoms with Crippen molar-refractivity contribution in [3.05, 3.63) is 66.0 Å². The lowest BCUT2D eigenvalue weighted by atomic mass is 9.96. The number of carbonyl (C=O) groups is 3. The summed E-state index contributed by atoms with van der Waals surface area (Å²) in [6.07, 6.45) is 5.23. The number of hydrogen-bond donors (Lipinski definition) is 1. The molecule has 2 fully saturated rings. The van der Waals surface area contributed by atoms with Crippen LogP contribution in [-0.4, -0.2) is 58.7 Å². The molecule has 7 heteroatoms. The average Bonchev–Trinajstić information content (AvgIpc) is 3.24. The van der Waals surface area contributed by atoms with Crippen LogP contribution in [0.3, 0.4) is 0 Å². The lowest BCUT2D eigenvalue weighted by Gasteiger charge is -2.32. The smallest absolute Gasteiger partial charge is 0.255 e. The van der Waals surface area contributed by atoms with E-state index in [2.05, 4.69) is 10.3 Å². The predicted octanol–water partition coefficient (Wildman–Crippen LogP) is 2.66. The Morgan fingerprint density at radius 3 is 2.56 bits per heavy atom. The Labute approximate surface area is 188 Å². The molecule has 0 bridgehead atoms. The average molecular weight is 435 g/mol. The number of rotatable bonds is 6. The fraction of sp³-hybridized carbons (Fsp3) is 0.440. The van der Waals surface area contributed by atoms with Crippen molar-refractivity contribution >= 4 is 17.7 Å². The van der Waals surface area contributed by atoms with Gasteiger partial charge in [-0.15, -0.1) is 0 Å². The van der Waals surface area contributed by atoms with Gasteiger partial charge in [-0.2, -0.15) is 0 Å². The van der Waals surface area contributed by atoms with E-state index in [-0.39, 0.29) is 36.1 Å². The van der Waals surface area contributed by atoms with E-state index in [0.717, 1.165) is 18.4 Å². The summed E-state index contributed by atoms with van der Waals surface area (Å²) in [7, 11) is 0. The molecule has 32 heavy (non-hydrogen) atoms. The highest BCUT2D eigenvalue weighted by molar-refractivity contribution is 5.94. The Kier molecular flexibility index (Phi) is 6.83. The number of nitrogens with zero attached hydrogens (tertiary/aromatic N) is 3. The lowest BCUT2D eigenvalue weighted by molar-refractivity contribution is -0.130. The molecule has 0 saturated carbocycles. The molecule has 168 valence electrons. The van der Waals surface area contributed by atoms with Crippen molar-refractivity contribution < 1.29 is 14.4 Å². The molecule has 2 atom stereocenters. The topological polar surface area (TPSA) is 82.6 Å². The third kappa shape index (κ3) is 4.98. The van der Waals surface area contributed by atoms with Gasteiger partial charge < -0.3 is 15.1 Å². The maximum Gasteiger partial charge on any atom is 0.255 e.